The van der Waals surface area contributed by atoms with E-state index in [9.17, 15) is 4.79 Å². The molecule has 2 aliphatic rings. The van der Waals surface area contributed by atoms with Gasteiger partial charge in [-0.2, -0.15) is 0 Å². The summed E-state index contributed by atoms with van der Waals surface area (Å²) in [4.78, 5) is 16.7. The van der Waals surface area contributed by atoms with E-state index in [0.717, 1.165) is 19.1 Å². The Balaban J connectivity index is 1.66. The third-order valence-corrected chi connectivity index (χ3v) is 6.49. The van der Waals surface area contributed by atoms with Crippen LogP contribution in [0.2, 0.25) is 0 Å². The van der Waals surface area contributed by atoms with E-state index in [1.807, 2.05) is 0 Å². The van der Waals surface area contributed by atoms with Gasteiger partial charge in [0.25, 0.3) is 0 Å². The van der Waals surface area contributed by atoms with Crippen molar-refractivity contribution in [2.45, 2.75) is 76.8 Å². The summed E-state index contributed by atoms with van der Waals surface area (Å²) in [5, 5.41) is 0. The van der Waals surface area contributed by atoms with Crippen LogP contribution in [0.4, 0.5) is 0 Å². The molecule has 0 aliphatic carbocycles. The summed E-state index contributed by atoms with van der Waals surface area (Å²) in [5.74, 6) is 0.620. The lowest BCUT2D eigenvalue weighted by atomic mass is 9.89. The maximum absolute atomic E-state index is 11.2. The number of aryl methyl sites for hydroxylation is 1. The van der Waals surface area contributed by atoms with Crippen molar-refractivity contribution in [2.24, 2.45) is 5.92 Å². The standard InChI is InChI=1S/C24H38N2O/c27-21-11-16-23(15-10-14-22-12-4-1-5-13-22)24(25-17-6-2-7-18-25)26-19-8-3-9-20-26/h1,4-5,12-13,21,23-24H,2-3,6-11,14-20H2. The number of hydrogen-bond donors (Lipinski definition) is 0. The molecule has 0 amide bonds. The summed E-state index contributed by atoms with van der Waals surface area (Å²) in [6, 6.07) is 10.9. The molecule has 0 aromatic heterocycles. The van der Waals surface area contributed by atoms with Crippen LogP contribution >= 0.6 is 0 Å². The highest BCUT2D eigenvalue weighted by Crippen LogP contribution is 2.30. The van der Waals surface area contributed by atoms with E-state index in [2.05, 4.69) is 40.1 Å². The van der Waals surface area contributed by atoms with Crippen LogP contribution < -0.4 is 0 Å². The fourth-order valence-electron chi connectivity index (χ4n) is 5.13. The molecular formula is C24H38N2O. The van der Waals surface area contributed by atoms with Gasteiger partial charge in [0.15, 0.2) is 0 Å². The van der Waals surface area contributed by atoms with E-state index < -0.39 is 0 Å². The van der Waals surface area contributed by atoms with Gasteiger partial charge in [0.05, 0.1) is 6.17 Å². The second-order valence-electron chi connectivity index (χ2n) is 8.49. The maximum Gasteiger partial charge on any atom is 0.120 e. The normalized spacial score (nSPS) is 20.6. The zero-order valence-electron chi connectivity index (χ0n) is 17.0. The first-order chi connectivity index (χ1) is 13.4. The van der Waals surface area contributed by atoms with Crippen LogP contribution in [-0.2, 0) is 11.2 Å². The molecule has 2 fully saturated rings. The van der Waals surface area contributed by atoms with E-state index in [-0.39, 0.29) is 0 Å². The number of rotatable bonds is 10. The van der Waals surface area contributed by atoms with Crippen molar-refractivity contribution in [1.29, 1.82) is 0 Å². The zero-order valence-corrected chi connectivity index (χ0v) is 17.0. The number of aldehydes is 1. The molecule has 150 valence electrons. The molecule has 2 saturated heterocycles. The van der Waals surface area contributed by atoms with Gasteiger partial charge >= 0.3 is 0 Å². The third-order valence-electron chi connectivity index (χ3n) is 6.49. The van der Waals surface area contributed by atoms with Gasteiger partial charge in [0.2, 0.25) is 0 Å². The summed E-state index contributed by atoms with van der Waals surface area (Å²) >= 11 is 0. The molecule has 0 saturated carbocycles. The lowest BCUT2D eigenvalue weighted by Crippen LogP contribution is -2.55. The molecular weight excluding hydrogens is 332 g/mol. The Hall–Kier alpha value is -1.19. The molecule has 0 spiro atoms. The van der Waals surface area contributed by atoms with E-state index in [4.69, 9.17) is 0 Å². The van der Waals surface area contributed by atoms with Gasteiger partial charge in [-0.15, -0.1) is 0 Å². The molecule has 2 aliphatic heterocycles. The minimum absolute atomic E-state index is 0.557. The van der Waals surface area contributed by atoms with Crippen molar-refractivity contribution in [3.8, 4) is 0 Å². The van der Waals surface area contributed by atoms with Gasteiger partial charge in [-0.1, -0.05) is 43.2 Å². The number of carbonyl (C=O) groups excluding carboxylic acids is 1. The fraction of sp³-hybridized carbons (Fsp3) is 0.708. The molecule has 0 radical (unpaired) electrons. The molecule has 3 heteroatoms. The van der Waals surface area contributed by atoms with E-state index >= 15 is 0 Å². The predicted molar refractivity (Wildman–Crippen MR) is 113 cm³/mol. The van der Waals surface area contributed by atoms with E-state index in [0.29, 0.717) is 18.5 Å². The summed E-state index contributed by atoms with van der Waals surface area (Å²) < 4.78 is 0. The fourth-order valence-corrected chi connectivity index (χ4v) is 5.13. The monoisotopic (exact) mass is 370 g/mol. The lowest BCUT2D eigenvalue weighted by Gasteiger charge is -2.47. The largest absolute Gasteiger partial charge is 0.303 e. The number of carbonyl (C=O) groups is 1. The summed E-state index contributed by atoms with van der Waals surface area (Å²) in [5.41, 5.74) is 1.44. The average Bonchev–Trinajstić information content (AvgIpc) is 2.74. The molecule has 0 bridgehead atoms. The number of nitrogens with zero attached hydrogens (tertiary/aromatic N) is 2. The first kappa shape index (κ1) is 20.5. The molecule has 0 N–H and O–H groups in total. The SMILES string of the molecule is O=CCCC(CCCc1ccccc1)C(N1CCCCC1)N1CCCCC1. The minimum atomic E-state index is 0.557. The van der Waals surface area contributed by atoms with Crippen molar-refractivity contribution >= 4 is 6.29 Å². The number of benzene rings is 1. The summed E-state index contributed by atoms with van der Waals surface area (Å²) in [6.07, 6.45) is 15.2. The first-order valence-corrected chi connectivity index (χ1v) is 11.3. The van der Waals surface area contributed by atoms with Gasteiger partial charge in [-0.25, -0.2) is 0 Å². The Morgan fingerprint density at radius 1 is 0.815 bits per heavy atom. The highest BCUT2D eigenvalue weighted by Gasteiger charge is 2.33. The lowest BCUT2D eigenvalue weighted by molar-refractivity contribution is -0.108. The molecule has 1 aromatic rings. The smallest absolute Gasteiger partial charge is 0.120 e. The van der Waals surface area contributed by atoms with Crippen molar-refractivity contribution < 1.29 is 4.79 Å². The Morgan fingerprint density at radius 3 is 1.96 bits per heavy atom. The third kappa shape index (κ3) is 6.43. The highest BCUT2D eigenvalue weighted by molar-refractivity contribution is 5.49. The van der Waals surface area contributed by atoms with Crippen molar-refractivity contribution in [2.75, 3.05) is 26.2 Å². The quantitative estimate of drug-likeness (QED) is 0.547. The number of piperidine rings is 2. The molecule has 3 nitrogen and oxygen atoms in total. The van der Waals surface area contributed by atoms with Crippen LogP contribution in [-0.4, -0.2) is 48.4 Å². The average molecular weight is 371 g/mol. The predicted octanol–water partition coefficient (Wildman–Crippen LogP) is 4.90. The Bertz CT molecular complexity index is 502. The molecule has 1 unspecified atom stereocenters. The summed E-state index contributed by atoms with van der Waals surface area (Å²) in [7, 11) is 0. The molecule has 1 aromatic carbocycles. The van der Waals surface area contributed by atoms with Gasteiger partial charge in [0, 0.05) is 6.42 Å². The second-order valence-corrected chi connectivity index (χ2v) is 8.49. The van der Waals surface area contributed by atoms with Crippen LogP contribution in [0, 0.1) is 5.92 Å². The highest BCUT2D eigenvalue weighted by atomic mass is 16.1. The van der Waals surface area contributed by atoms with Gasteiger partial charge in [-0.3, -0.25) is 9.80 Å². The zero-order chi connectivity index (χ0) is 18.7. The van der Waals surface area contributed by atoms with Crippen molar-refractivity contribution in [3.05, 3.63) is 35.9 Å². The molecule has 2 heterocycles. The first-order valence-electron chi connectivity index (χ1n) is 11.3. The topological polar surface area (TPSA) is 23.6 Å². The van der Waals surface area contributed by atoms with Crippen LogP contribution in [0.1, 0.15) is 69.8 Å². The molecule has 1 atom stereocenters. The van der Waals surface area contributed by atoms with Crippen LogP contribution in [0.25, 0.3) is 0 Å². The van der Waals surface area contributed by atoms with Crippen molar-refractivity contribution in [1.82, 2.24) is 9.80 Å². The molecule has 3 rings (SSSR count). The van der Waals surface area contributed by atoms with Gasteiger partial charge in [-0.05, 0) is 89.0 Å². The van der Waals surface area contributed by atoms with Gasteiger partial charge < -0.3 is 4.79 Å². The van der Waals surface area contributed by atoms with Gasteiger partial charge in [0.1, 0.15) is 6.29 Å². The van der Waals surface area contributed by atoms with Crippen LogP contribution in [0.5, 0.6) is 0 Å². The minimum Gasteiger partial charge on any atom is -0.303 e. The number of hydrogen-bond acceptors (Lipinski definition) is 3. The van der Waals surface area contributed by atoms with Crippen molar-refractivity contribution in [3.63, 3.8) is 0 Å². The Kier molecular flexibility index (Phi) is 8.83. The summed E-state index contributed by atoms with van der Waals surface area (Å²) in [6.45, 7) is 4.99. The molecule has 27 heavy (non-hydrogen) atoms. The Labute approximate surface area is 166 Å². The van der Waals surface area contributed by atoms with Crippen LogP contribution in [0.15, 0.2) is 30.3 Å². The van der Waals surface area contributed by atoms with Crippen LogP contribution in [0.3, 0.4) is 0 Å². The second kappa shape index (κ2) is 11.6. The number of likely N-dealkylation sites (tertiary alicyclic amines) is 2. The maximum atomic E-state index is 11.2. The van der Waals surface area contributed by atoms with E-state index in [1.165, 1.54) is 83.1 Å². The van der Waals surface area contributed by atoms with E-state index in [1.54, 1.807) is 0 Å². The Morgan fingerprint density at radius 2 is 1.41 bits per heavy atom.